The number of nitrogens with zero attached hydrogens (tertiary/aromatic N) is 2. The molecule has 2 aliphatic rings. The zero-order valence-corrected chi connectivity index (χ0v) is 14.8. The Morgan fingerprint density at radius 1 is 1.17 bits per heavy atom. The third kappa shape index (κ3) is 3.80. The minimum absolute atomic E-state index is 0.110. The van der Waals surface area contributed by atoms with E-state index in [0.717, 1.165) is 42.9 Å². The van der Waals surface area contributed by atoms with Crippen LogP contribution in [0.5, 0.6) is 0 Å². The second-order valence-corrected chi connectivity index (χ2v) is 7.45. The van der Waals surface area contributed by atoms with Gasteiger partial charge in [-0.3, -0.25) is 9.59 Å². The van der Waals surface area contributed by atoms with Gasteiger partial charge in [0, 0.05) is 38.2 Å². The van der Waals surface area contributed by atoms with Crippen molar-refractivity contribution in [3.8, 4) is 0 Å². The van der Waals surface area contributed by atoms with E-state index in [0.29, 0.717) is 19.0 Å². The van der Waals surface area contributed by atoms with E-state index in [2.05, 4.69) is 6.92 Å². The number of carbonyl (C=O) groups excluding carboxylic acids is 2. The van der Waals surface area contributed by atoms with Gasteiger partial charge in [-0.2, -0.15) is 0 Å². The lowest BCUT2D eigenvalue weighted by molar-refractivity contribution is -0.128. The molecule has 24 heavy (non-hydrogen) atoms. The maximum Gasteiger partial charge on any atom is 0.253 e. The Kier molecular flexibility index (Phi) is 5.22. The van der Waals surface area contributed by atoms with Gasteiger partial charge < -0.3 is 9.80 Å². The fraction of sp³-hybridized carbons (Fsp3) is 0.600. The van der Waals surface area contributed by atoms with Crippen LogP contribution in [0.3, 0.4) is 0 Å². The largest absolute Gasteiger partial charge is 0.339 e. The number of hydrogen-bond acceptors (Lipinski definition) is 2. The molecule has 130 valence electrons. The van der Waals surface area contributed by atoms with Gasteiger partial charge in [0.05, 0.1) is 0 Å². The first kappa shape index (κ1) is 17.0. The number of carbonyl (C=O) groups is 2. The van der Waals surface area contributed by atoms with Gasteiger partial charge in [-0.1, -0.05) is 19.1 Å². The van der Waals surface area contributed by atoms with Crippen LogP contribution in [0.4, 0.5) is 0 Å². The third-order valence-electron chi connectivity index (χ3n) is 5.60. The van der Waals surface area contributed by atoms with Crippen molar-refractivity contribution in [1.29, 1.82) is 0 Å². The summed E-state index contributed by atoms with van der Waals surface area (Å²) in [5.41, 5.74) is 1.84. The van der Waals surface area contributed by atoms with Crippen LogP contribution in [0.25, 0.3) is 0 Å². The molecule has 2 fully saturated rings. The predicted molar refractivity (Wildman–Crippen MR) is 94.6 cm³/mol. The molecule has 4 heteroatoms. The van der Waals surface area contributed by atoms with Crippen LogP contribution in [0, 0.1) is 5.92 Å². The van der Waals surface area contributed by atoms with Crippen molar-refractivity contribution < 1.29 is 9.59 Å². The maximum atomic E-state index is 12.7. The molecule has 1 saturated heterocycles. The summed E-state index contributed by atoms with van der Waals surface area (Å²) < 4.78 is 0. The van der Waals surface area contributed by atoms with Crippen molar-refractivity contribution in [3.05, 3.63) is 35.4 Å². The van der Waals surface area contributed by atoms with Gasteiger partial charge in [-0.25, -0.2) is 0 Å². The van der Waals surface area contributed by atoms with Gasteiger partial charge >= 0.3 is 0 Å². The first-order valence-corrected chi connectivity index (χ1v) is 9.18. The molecule has 0 radical (unpaired) electrons. The number of hydrogen-bond donors (Lipinski definition) is 0. The quantitative estimate of drug-likeness (QED) is 0.849. The Morgan fingerprint density at radius 3 is 2.42 bits per heavy atom. The second kappa shape index (κ2) is 7.37. The molecule has 0 aromatic heterocycles. The Hall–Kier alpha value is -1.84. The van der Waals surface area contributed by atoms with E-state index < -0.39 is 0 Å². The lowest BCUT2D eigenvalue weighted by Gasteiger charge is -2.33. The normalized spacial score (nSPS) is 24.2. The Labute approximate surface area is 144 Å². The molecule has 1 aromatic carbocycles. The van der Waals surface area contributed by atoms with E-state index in [-0.39, 0.29) is 11.8 Å². The molecule has 1 aliphatic heterocycles. The van der Waals surface area contributed by atoms with Crippen LogP contribution < -0.4 is 0 Å². The molecule has 3 rings (SSSR count). The topological polar surface area (TPSA) is 40.6 Å². The van der Waals surface area contributed by atoms with Crippen molar-refractivity contribution in [2.75, 3.05) is 13.6 Å². The molecule has 1 heterocycles. The molecular weight excluding hydrogens is 300 g/mol. The van der Waals surface area contributed by atoms with Crippen molar-refractivity contribution in [3.63, 3.8) is 0 Å². The van der Waals surface area contributed by atoms with Crippen molar-refractivity contribution in [1.82, 2.24) is 9.80 Å². The highest BCUT2D eigenvalue weighted by atomic mass is 16.2. The van der Waals surface area contributed by atoms with E-state index in [1.165, 1.54) is 12.8 Å². The molecule has 1 aromatic rings. The molecule has 0 N–H and O–H groups in total. The summed E-state index contributed by atoms with van der Waals surface area (Å²) in [7, 11) is 1.93. The first-order chi connectivity index (χ1) is 11.5. The number of likely N-dealkylation sites (tertiary alicyclic amines) is 1. The lowest BCUT2D eigenvalue weighted by atomic mass is 9.86. The van der Waals surface area contributed by atoms with Crippen LogP contribution in [-0.4, -0.2) is 41.2 Å². The lowest BCUT2D eigenvalue weighted by Crippen LogP contribution is -2.39. The molecule has 1 aliphatic carbocycles. The molecule has 0 spiro atoms. The summed E-state index contributed by atoms with van der Waals surface area (Å²) in [5.74, 6) is 1.14. The van der Waals surface area contributed by atoms with Crippen molar-refractivity contribution in [2.24, 2.45) is 5.92 Å². The molecule has 0 unspecified atom stereocenters. The van der Waals surface area contributed by atoms with Crippen LogP contribution in [0.1, 0.15) is 61.4 Å². The second-order valence-electron chi connectivity index (χ2n) is 7.45. The zero-order valence-electron chi connectivity index (χ0n) is 14.8. The van der Waals surface area contributed by atoms with Crippen molar-refractivity contribution in [2.45, 2.75) is 58.0 Å². The Bertz CT molecular complexity index is 588. The highest BCUT2D eigenvalue weighted by molar-refractivity contribution is 5.94. The molecule has 1 saturated carbocycles. The highest BCUT2D eigenvalue weighted by Crippen LogP contribution is 2.27. The van der Waals surface area contributed by atoms with Gasteiger partial charge in [0.15, 0.2) is 0 Å². The van der Waals surface area contributed by atoms with Crippen LogP contribution >= 0.6 is 0 Å². The van der Waals surface area contributed by atoms with Crippen molar-refractivity contribution >= 4 is 11.8 Å². The third-order valence-corrected chi connectivity index (χ3v) is 5.60. The Morgan fingerprint density at radius 2 is 1.83 bits per heavy atom. The van der Waals surface area contributed by atoms with Gasteiger partial charge in [0.2, 0.25) is 5.91 Å². The summed E-state index contributed by atoms with van der Waals surface area (Å²) in [5, 5.41) is 0. The van der Waals surface area contributed by atoms with Gasteiger partial charge in [-0.05, 0) is 55.7 Å². The van der Waals surface area contributed by atoms with E-state index in [1.54, 1.807) is 0 Å². The Balaban J connectivity index is 1.60. The number of rotatable bonds is 4. The zero-order chi connectivity index (χ0) is 17.1. The molecular formula is C20H28N2O2. The van der Waals surface area contributed by atoms with Gasteiger partial charge in [0.1, 0.15) is 0 Å². The number of benzene rings is 1. The smallest absolute Gasteiger partial charge is 0.253 e. The molecule has 0 bridgehead atoms. The first-order valence-electron chi connectivity index (χ1n) is 9.18. The van der Waals surface area contributed by atoms with Crippen LogP contribution in [0.15, 0.2) is 24.3 Å². The SMILES string of the molecule is CC1CCC(N(C)C(=O)c2ccc(CN3CCCC3=O)cc2)CC1. The van der Waals surface area contributed by atoms with Crippen LogP contribution in [-0.2, 0) is 11.3 Å². The van der Waals surface area contributed by atoms with Crippen LogP contribution in [0.2, 0.25) is 0 Å². The fourth-order valence-corrected chi connectivity index (χ4v) is 3.84. The summed E-state index contributed by atoms with van der Waals surface area (Å²) >= 11 is 0. The summed E-state index contributed by atoms with van der Waals surface area (Å²) in [6, 6.07) is 8.14. The average molecular weight is 328 g/mol. The van der Waals surface area contributed by atoms with E-state index in [1.807, 2.05) is 41.1 Å². The van der Waals surface area contributed by atoms with Gasteiger partial charge in [-0.15, -0.1) is 0 Å². The maximum absolute atomic E-state index is 12.7. The average Bonchev–Trinajstić information content (AvgIpc) is 3.00. The minimum atomic E-state index is 0.110. The standard InChI is InChI=1S/C20H28N2O2/c1-15-5-11-18(12-6-15)21(2)20(24)17-9-7-16(8-10-17)14-22-13-3-4-19(22)23/h7-10,15,18H,3-6,11-14H2,1-2H3. The number of amides is 2. The fourth-order valence-electron chi connectivity index (χ4n) is 3.84. The molecule has 0 atom stereocenters. The van der Waals surface area contributed by atoms with E-state index in [9.17, 15) is 9.59 Å². The predicted octanol–water partition coefficient (Wildman–Crippen LogP) is 3.46. The summed E-state index contributed by atoms with van der Waals surface area (Å²) in [4.78, 5) is 28.2. The molecule has 2 amide bonds. The van der Waals surface area contributed by atoms with E-state index >= 15 is 0 Å². The molecule has 4 nitrogen and oxygen atoms in total. The summed E-state index contributed by atoms with van der Waals surface area (Å²) in [6.07, 6.45) is 6.27. The highest BCUT2D eigenvalue weighted by Gasteiger charge is 2.25. The summed E-state index contributed by atoms with van der Waals surface area (Å²) in [6.45, 7) is 3.80. The van der Waals surface area contributed by atoms with E-state index in [4.69, 9.17) is 0 Å². The minimum Gasteiger partial charge on any atom is -0.339 e. The monoisotopic (exact) mass is 328 g/mol. The van der Waals surface area contributed by atoms with Gasteiger partial charge in [0.25, 0.3) is 5.91 Å².